The van der Waals surface area contributed by atoms with Gasteiger partial charge in [-0.25, -0.2) is 0 Å². The van der Waals surface area contributed by atoms with Gasteiger partial charge in [0.1, 0.15) is 0 Å². The second-order valence-corrected chi connectivity index (χ2v) is 8.63. The third kappa shape index (κ3) is 4.18. The van der Waals surface area contributed by atoms with Crippen LogP contribution in [0, 0.1) is 0 Å². The van der Waals surface area contributed by atoms with E-state index in [1.807, 2.05) is 0 Å². The van der Waals surface area contributed by atoms with E-state index in [0.717, 1.165) is 18.5 Å². The molecule has 0 saturated carbocycles. The Kier molecular flexibility index (Phi) is 5.90. The van der Waals surface area contributed by atoms with Crippen molar-refractivity contribution in [2.75, 3.05) is 11.4 Å². The minimum absolute atomic E-state index is 0.0388. The topological polar surface area (TPSA) is 15.6 Å². The van der Waals surface area contributed by atoms with Crippen molar-refractivity contribution >= 4 is 58.0 Å². The summed E-state index contributed by atoms with van der Waals surface area (Å²) in [6.07, 6.45) is 5.15. The molecule has 0 atom stereocenters. The van der Waals surface area contributed by atoms with Gasteiger partial charge in [-0.3, -0.25) is 4.99 Å². The molecule has 0 saturated heterocycles. The molecule has 0 aliphatic carbocycles. The highest BCUT2D eigenvalue weighted by Gasteiger charge is 2.31. The lowest BCUT2D eigenvalue weighted by Gasteiger charge is -2.43. The first-order valence-corrected chi connectivity index (χ1v) is 10.2. The zero-order valence-corrected chi connectivity index (χ0v) is 18.3. The van der Waals surface area contributed by atoms with Crippen LogP contribution in [0.5, 0.6) is 0 Å². The number of aliphatic imine (C=N–C) groups is 1. The molecule has 2 aromatic rings. The van der Waals surface area contributed by atoms with Crippen LogP contribution in [0.25, 0.3) is 5.57 Å². The molecule has 27 heavy (non-hydrogen) atoms. The maximum atomic E-state index is 6.61. The van der Waals surface area contributed by atoms with Gasteiger partial charge >= 0.3 is 0 Å². The average molecular weight is 422 g/mol. The molecule has 2 aromatic carbocycles. The Morgan fingerprint density at radius 3 is 2.48 bits per heavy atom. The van der Waals surface area contributed by atoms with E-state index >= 15 is 0 Å². The second-order valence-electron chi connectivity index (χ2n) is 7.38. The SMILES string of the molecule is CCCN1c2cc(Cl)c(C=Nc3ccc(Cl)cc3Cl)cc2C(C)=CC1(C)C. The van der Waals surface area contributed by atoms with E-state index in [9.17, 15) is 0 Å². The van der Waals surface area contributed by atoms with Crippen LogP contribution in [-0.2, 0) is 0 Å². The summed E-state index contributed by atoms with van der Waals surface area (Å²) in [6.45, 7) is 9.80. The first kappa shape index (κ1) is 20.3. The summed E-state index contributed by atoms with van der Waals surface area (Å²) in [5, 5.41) is 1.78. The third-order valence-corrected chi connectivity index (χ3v) is 5.66. The first-order valence-electron chi connectivity index (χ1n) is 9.03. The van der Waals surface area contributed by atoms with Crippen molar-refractivity contribution in [2.45, 2.75) is 39.7 Å². The van der Waals surface area contributed by atoms with E-state index < -0.39 is 0 Å². The fourth-order valence-corrected chi connectivity index (χ4v) is 4.23. The minimum atomic E-state index is -0.0388. The van der Waals surface area contributed by atoms with E-state index in [0.29, 0.717) is 20.8 Å². The normalized spacial score (nSPS) is 15.8. The van der Waals surface area contributed by atoms with Crippen molar-refractivity contribution in [1.82, 2.24) is 0 Å². The Morgan fingerprint density at radius 2 is 1.81 bits per heavy atom. The standard InChI is InChI=1S/C22H23Cl3N2/c1-5-8-27-21-11-18(24)15(9-17(21)14(2)12-22(27,3)4)13-26-20-7-6-16(23)10-19(20)25/h6-7,9-13H,5,8H2,1-4H3. The van der Waals surface area contributed by atoms with Crippen LogP contribution >= 0.6 is 34.8 Å². The number of benzene rings is 2. The average Bonchev–Trinajstić information content (AvgIpc) is 2.58. The number of allylic oxidation sites excluding steroid dienone is 1. The van der Waals surface area contributed by atoms with Gasteiger partial charge in [-0.1, -0.05) is 47.8 Å². The Balaban J connectivity index is 2.03. The zero-order valence-electron chi connectivity index (χ0n) is 16.0. The van der Waals surface area contributed by atoms with Gasteiger partial charge < -0.3 is 4.90 Å². The summed E-state index contributed by atoms with van der Waals surface area (Å²) >= 11 is 18.8. The molecule has 2 nitrogen and oxygen atoms in total. The smallest absolute Gasteiger partial charge is 0.0817 e. The maximum Gasteiger partial charge on any atom is 0.0817 e. The van der Waals surface area contributed by atoms with Gasteiger partial charge in [-0.05, 0) is 63.1 Å². The molecule has 0 bridgehead atoms. The highest BCUT2D eigenvalue weighted by atomic mass is 35.5. The summed E-state index contributed by atoms with van der Waals surface area (Å²) < 4.78 is 0. The van der Waals surface area contributed by atoms with Crippen LogP contribution in [0.15, 0.2) is 41.4 Å². The van der Waals surface area contributed by atoms with Gasteiger partial charge in [0.25, 0.3) is 0 Å². The van der Waals surface area contributed by atoms with E-state index in [4.69, 9.17) is 34.8 Å². The van der Waals surface area contributed by atoms with Crippen LogP contribution in [0.1, 0.15) is 45.2 Å². The highest BCUT2D eigenvalue weighted by Crippen LogP contribution is 2.41. The number of halogens is 3. The molecule has 3 rings (SSSR count). The second kappa shape index (κ2) is 7.87. The van der Waals surface area contributed by atoms with E-state index in [2.05, 4.69) is 55.8 Å². The lowest BCUT2D eigenvalue weighted by Crippen LogP contribution is -2.45. The fraction of sp³-hybridized carbons (Fsp3) is 0.318. The molecule has 0 unspecified atom stereocenters. The van der Waals surface area contributed by atoms with Gasteiger partial charge in [0.05, 0.1) is 21.3 Å². The van der Waals surface area contributed by atoms with E-state index in [1.54, 1.807) is 24.4 Å². The fourth-order valence-electron chi connectivity index (χ4n) is 3.57. The lowest BCUT2D eigenvalue weighted by molar-refractivity contribution is 0.550. The van der Waals surface area contributed by atoms with E-state index in [-0.39, 0.29) is 5.54 Å². The van der Waals surface area contributed by atoms with Gasteiger partial charge in [0.2, 0.25) is 0 Å². The predicted molar refractivity (Wildman–Crippen MR) is 121 cm³/mol. The number of nitrogens with zero attached hydrogens (tertiary/aromatic N) is 2. The van der Waals surface area contributed by atoms with Crippen molar-refractivity contribution in [3.63, 3.8) is 0 Å². The molecule has 1 aliphatic heterocycles. The molecular weight excluding hydrogens is 399 g/mol. The molecular formula is C22H23Cl3N2. The number of anilines is 1. The number of hydrogen-bond acceptors (Lipinski definition) is 2. The largest absolute Gasteiger partial charge is 0.362 e. The van der Waals surface area contributed by atoms with Crippen molar-refractivity contribution in [1.29, 1.82) is 0 Å². The van der Waals surface area contributed by atoms with Crippen LogP contribution in [0.2, 0.25) is 15.1 Å². The zero-order chi connectivity index (χ0) is 19.8. The summed E-state index contributed by atoms with van der Waals surface area (Å²) in [5.41, 5.74) is 5.10. The Morgan fingerprint density at radius 1 is 1.07 bits per heavy atom. The van der Waals surface area contributed by atoms with Crippen molar-refractivity contribution in [2.24, 2.45) is 4.99 Å². The maximum absolute atomic E-state index is 6.61. The highest BCUT2D eigenvalue weighted by molar-refractivity contribution is 6.36. The third-order valence-electron chi connectivity index (χ3n) is 4.80. The quantitative estimate of drug-likeness (QED) is 0.459. The molecule has 0 radical (unpaired) electrons. The molecule has 0 N–H and O–H groups in total. The Hall–Kier alpha value is -1.48. The summed E-state index contributed by atoms with van der Waals surface area (Å²) in [5.74, 6) is 0. The van der Waals surface area contributed by atoms with Crippen LogP contribution in [0.3, 0.4) is 0 Å². The van der Waals surface area contributed by atoms with Gasteiger partial charge in [0.15, 0.2) is 0 Å². The van der Waals surface area contributed by atoms with Gasteiger partial charge in [0, 0.05) is 34.6 Å². The number of rotatable bonds is 4. The van der Waals surface area contributed by atoms with Gasteiger partial charge in [-0.2, -0.15) is 0 Å². The Labute approximate surface area is 176 Å². The molecule has 0 amide bonds. The van der Waals surface area contributed by atoms with E-state index in [1.165, 1.54) is 16.8 Å². The summed E-state index contributed by atoms with van der Waals surface area (Å²) in [6, 6.07) is 9.41. The van der Waals surface area contributed by atoms with Crippen LogP contribution in [0.4, 0.5) is 11.4 Å². The summed E-state index contributed by atoms with van der Waals surface area (Å²) in [7, 11) is 0. The molecule has 0 spiro atoms. The van der Waals surface area contributed by atoms with Crippen molar-refractivity contribution in [3.8, 4) is 0 Å². The molecule has 1 heterocycles. The van der Waals surface area contributed by atoms with Crippen LogP contribution in [-0.4, -0.2) is 18.3 Å². The monoisotopic (exact) mass is 420 g/mol. The predicted octanol–water partition coefficient (Wildman–Crippen LogP) is 7.81. The molecule has 1 aliphatic rings. The number of fused-ring (bicyclic) bond motifs is 1. The van der Waals surface area contributed by atoms with Gasteiger partial charge in [-0.15, -0.1) is 0 Å². The number of hydrogen-bond donors (Lipinski definition) is 0. The van der Waals surface area contributed by atoms with Crippen molar-refractivity contribution in [3.05, 3.63) is 62.6 Å². The Bertz CT molecular complexity index is 929. The lowest BCUT2D eigenvalue weighted by atomic mass is 9.88. The molecule has 5 heteroatoms. The first-order chi connectivity index (χ1) is 12.7. The summed E-state index contributed by atoms with van der Waals surface area (Å²) in [4.78, 5) is 6.92. The van der Waals surface area contributed by atoms with Crippen molar-refractivity contribution < 1.29 is 0 Å². The minimum Gasteiger partial charge on any atom is -0.362 e. The molecule has 0 aromatic heterocycles. The molecule has 142 valence electrons. The van der Waals surface area contributed by atoms with Crippen LogP contribution < -0.4 is 4.90 Å². The molecule has 0 fully saturated rings.